The SMILES string of the molecule is CCOc1ccccc1CNCC(O)c1ccc(OC)cc1. The first kappa shape index (κ1) is 16.3. The molecular formula is C18H23NO3. The number of benzene rings is 2. The molecule has 0 aliphatic rings. The zero-order valence-corrected chi connectivity index (χ0v) is 13.1. The lowest BCUT2D eigenvalue weighted by atomic mass is 10.1. The number of methoxy groups -OCH3 is 1. The predicted octanol–water partition coefficient (Wildman–Crippen LogP) is 2.92. The number of nitrogens with one attached hydrogen (secondary N) is 1. The van der Waals surface area contributed by atoms with Gasteiger partial charge < -0.3 is 19.9 Å². The molecule has 22 heavy (non-hydrogen) atoms. The van der Waals surface area contributed by atoms with E-state index >= 15 is 0 Å². The van der Waals surface area contributed by atoms with Crippen LogP contribution in [0.1, 0.15) is 24.2 Å². The molecule has 2 N–H and O–H groups in total. The summed E-state index contributed by atoms with van der Waals surface area (Å²) in [5.41, 5.74) is 1.96. The molecule has 2 aromatic carbocycles. The fourth-order valence-electron chi connectivity index (χ4n) is 2.23. The number of rotatable bonds is 8. The molecule has 0 aliphatic carbocycles. The van der Waals surface area contributed by atoms with E-state index in [0.717, 1.165) is 22.6 Å². The van der Waals surface area contributed by atoms with Gasteiger partial charge in [0, 0.05) is 18.7 Å². The third-order valence-corrected chi connectivity index (χ3v) is 3.43. The van der Waals surface area contributed by atoms with Crippen LogP contribution < -0.4 is 14.8 Å². The molecule has 0 saturated carbocycles. The van der Waals surface area contributed by atoms with E-state index in [0.29, 0.717) is 19.7 Å². The van der Waals surface area contributed by atoms with E-state index in [1.165, 1.54) is 0 Å². The van der Waals surface area contributed by atoms with Crippen molar-refractivity contribution in [1.82, 2.24) is 5.32 Å². The van der Waals surface area contributed by atoms with Crippen molar-refractivity contribution in [2.24, 2.45) is 0 Å². The summed E-state index contributed by atoms with van der Waals surface area (Å²) in [6, 6.07) is 15.4. The van der Waals surface area contributed by atoms with Crippen LogP contribution in [0.25, 0.3) is 0 Å². The highest BCUT2D eigenvalue weighted by Crippen LogP contribution is 2.19. The van der Waals surface area contributed by atoms with Crippen LogP contribution in [0.2, 0.25) is 0 Å². The third kappa shape index (κ3) is 4.48. The first-order valence-electron chi connectivity index (χ1n) is 7.48. The van der Waals surface area contributed by atoms with E-state index in [4.69, 9.17) is 9.47 Å². The van der Waals surface area contributed by atoms with Gasteiger partial charge in [-0.15, -0.1) is 0 Å². The highest BCUT2D eigenvalue weighted by molar-refractivity contribution is 5.33. The lowest BCUT2D eigenvalue weighted by Crippen LogP contribution is -2.21. The van der Waals surface area contributed by atoms with Gasteiger partial charge in [-0.2, -0.15) is 0 Å². The maximum Gasteiger partial charge on any atom is 0.123 e. The van der Waals surface area contributed by atoms with Crippen LogP contribution in [0, 0.1) is 0 Å². The van der Waals surface area contributed by atoms with Crippen LogP contribution >= 0.6 is 0 Å². The Morgan fingerprint density at radius 1 is 1.09 bits per heavy atom. The van der Waals surface area contributed by atoms with Gasteiger partial charge in [0.15, 0.2) is 0 Å². The van der Waals surface area contributed by atoms with Gasteiger partial charge in [-0.1, -0.05) is 30.3 Å². The number of ether oxygens (including phenoxy) is 2. The van der Waals surface area contributed by atoms with Gasteiger partial charge in [-0.3, -0.25) is 0 Å². The molecule has 1 atom stereocenters. The standard InChI is InChI=1S/C18H23NO3/c1-3-22-18-7-5-4-6-15(18)12-19-13-17(20)14-8-10-16(21-2)11-9-14/h4-11,17,19-20H,3,12-13H2,1-2H3. The van der Waals surface area contributed by atoms with Gasteiger partial charge in [-0.25, -0.2) is 0 Å². The summed E-state index contributed by atoms with van der Waals surface area (Å²) in [6.07, 6.45) is -0.551. The van der Waals surface area contributed by atoms with E-state index in [-0.39, 0.29) is 0 Å². The molecule has 0 amide bonds. The lowest BCUT2D eigenvalue weighted by molar-refractivity contribution is 0.174. The Morgan fingerprint density at radius 3 is 2.50 bits per heavy atom. The lowest BCUT2D eigenvalue weighted by Gasteiger charge is -2.14. The Kier molecular flexibility index (Phi) is 6.25. The monoisotopic (exact) mass is 301 g/mol. The topological polar surface area (TPSA) is 50.7 Å². The summed E-state index contributed by atoms with van der Waals surface area (Å²) >= 11 is 0. The molecule has 0 radical (unpaired) electrons. The van der Waals surface area contributed by atoms with Crippen LogP contribution in [0.5, 0.6) is 11.5 Å². The van der Waals surface area contributed by atoms with Gasteiger partial charge in [0.2, 0.25) is 0 Å². The van der Waals surface area contributed by atoms with Crippen LogP contribution in [-0.2, 0) is 6.54 Å². The van der Waals surface area contributed by atoms with Crippen molar-refractivity contribution in [2.75, 3.05) is 20.3 Å². The predicted molar refractivity (Wildman–Crippen MR) is 87.3 cm³/mol. The van der Waals surface area contributed by atoms with E-state index in [1.807, 2.05) is 55.5 Å². The largest absolute Gasteiger partial charge is 0.497 e. The quantitative estimate of drug-likeness (QED) is 0.787. The molecule has 1 unspecified atom stereocenters. The van der Waals surface area contributed by atoms with Crippen molar-refractivity contribution in [2.45, 2.75) is 19.6 Å². The van der Waals surface area contributed by atoms with Crippen molar-refractivity contribution in [3.63, 3.8) is 0 Å². The molecule has 2 aromatic rings. The summed E-state index contributed by atoms with van der Waals surface area (Å²) in [4.78, 5) is 0. The van der Waals surface area contributed by atoms with E-state index in [1.54, 1.807) is 7.11 Å². The van der Waals surface area contributed by atoms with E-state index in [9.17, 15) is 5.11 Å². The van der Waals surface area contributed by atoms with Crippen LogP contribution in [0.15, 0.2) is 48.5 Å². The van der Waals surface area contributed by atoms with Crippen LogP contribution in [0.3, 0.4) is 0 Å². The summed E-state index contributed by atoms with van der Waals surface area (Å²) in [5, 5.41) is 13.5. The molecule has 0 saturated heterocycles. The number of aliphatic hydroxyl groups is 1. The Hall–Kier alpha value is -2.04. The average Bonchev–Trinajstić information content (AvgIpc) is 2.56. The molecule has 0 heterocycles. The average molecular weight is 301 g/mol. The maximum absolute atomic E-state index is 10.2. The summed E-state index contributed by atoms with van der Waals surface area (Å²) in [5.74, 6) is 1.67. The maximum atomic E-state index is 10.2. The fourth-order valence-corrected chi connectivity index (χ4v) is 2.23. The van der Waals surface area contributed by atoms with Crippen molar-refractivity contribution in [3.8, 4) is 11.5 Å². The Bertz CT molecular complexity index is 569. The second-order valence-electron chi connectivity index (χ2n) is 4.96. The minimum Gasteiger partial charge on any atom is -0.497 e. The summed E-state index contributed by atoms with van der Waals surface area (Å²) < 4.78 is 10.7. The molecule has 0 aliphatic heterocycles. The zero-order chi connectivity index (χ0) is 15.8. The van der Waals surface area contributed by atoms with Gasteiger partial charge in [-0.05, 0) is 30.7 Å². The van der Waals surface area contributed by atoms with Crippen LogP contribution in [0.4, 0.5) is 0 Å². The first-order chi connectivity index (χ1) is 10.7. The highest BCUT2D eigenvalue weighted by Gasteiger charge is 2.08. The fraction of sp³-hybridized carbons (Fsp3) is 0.333. The third-order valence-electron chi connectivity index (χ3n) is 3.43. The van der Waals surface area contributed by atoms with Crippen molar-refractivity contribution in [1.29, 1.82) is 0 Å². The molecule has 0 aromatic heterocycles. The number of hydrogen-bond acceptors (Lipinski definition) is 4. The minimum absolute atomic E-state index is 0.479. The Morgan fingerprint density at radius 2 is 1.82 bits per heavy atom. The zero-order valence-electron chi connectivity index (χ0n) is 13.1. The molecule has 0 bridgehead atoms. The second-order valence-corrected chi connectivity index (χ2v) is 4.96. The Labute approximate surface area is 131 Å². The Balaban J connectivity index is 1.87. The molecule has 0 spiro atoms. The normalized spacial score (nSPS) is 12.0. The van der Waals surface area contributed by atoms with Gasteiger partial charge in [0.1, 0.15) is 11.5 Å². The van der Waals surface area contributed by atoms with Crippen molar-refractivity contribution < 1.29 is 14.6 Å². The van der Waals surface area contributed by atoms with E-state index in [2.05, 4.69) is 5.32 Å². The first-order valence-corrected chi connectivity index (χ1v) is 7.48. The van der Waals surface area contributed by atoms with Crippen molar-refractivity contribution in [3.05, 3.63) is 59.7 Å². The number of hydrogen-bond donors (Lipinski definition) is 2. The van der Waals surface area contributed by atoms with Gasteiger partial charge >= 0.3 is 0 Å². The van der Waals surface area contributed by atoms with E-state index < -0.39 is 6.10 Å². The molecular weight excluding hydrogens is 278 g/mol. The second kappa shape index (κ2) is 8.41. The number of para-hydroxylation sites is 1. The van der Waals surface area contributed by atoms with Crippen molar-refractivity contribution >= 4 is 0 Å². The molecule has 2 rings (SSSR count). The number of aliphatic hydroxyl groups excluding tert-OH is 1. The smallest absolute Gasteiger partial charge is 0.123 e. The van der Waals surface area contributed by atoms with Crippen LogP contribution in [-0.4, -0.2) is 25.4 Å². The molecule has 0 fully saturated rings. The highest BCUT2D eigenvalue weighted by atomic mass is 16.5. The minimum atomic E-state index is -0.551. The molecule has 118 valence electrons. The summed E-state index contributed by atoms with van der Waals surface area (Å²) in [7, 11) is 1.63. The van der Waals surface area contributed by atoms with Gasteiger partial charge in [0.05, 0.1) is 19.8 Å². The molecule has 4 heteroatoms. The van der Waals surface area contributed by atoms with Gasteiger partial charge in [0.25, 0.3) is 0 Å². The summed E-state index contributed by atoms with van der Waals surface area (Å²) in [6.45, 7) is 3.75. The molecule has 4 nitrogen and oxygen atoms in total.